The molecular formula is C26H37N3O4S. The van der Waals surface area contributed by atoms with E-state index in [9.17, 15) is 18.0 Å². The molecule has 0 aliphatic carbocycles. The van der Waals surface area contributed by atoms with Crippen LogP contribution in [0.5, 0.6) is 0 Å². The average Bonchev–Trinajstić information content (AvgIpc) is 2.74. The van der Waals surface area contributed by atoms with Crippen molar-refractivity contribution in [2.45, 2.75) is 60.0 Å². The molecule has 0 saturated heterocycles. The summed E-state index contributed by atoms with van der Waals surface area (Å²) in [5.74, 6) is -0.395. The Bertz CT molecular complexity index is 1090. The Hall–Kier alpha value is -2.87. The lowest BCUT2D eigenvalue weighted by molar-refractivity contribution is -0.140. The molecule has 2 aromatic rings. The van der Waals surface area contributed by atoms with E-state index in [2.05, 4.69) is 5.32 Å². The molecule has 0 heterocycles. The lowest BCUT2D eigenvalue weighted by atomic mass is 10.1. The van der Waals surface area contributed by atoms with Crippen LogP contribution >= 0.6 is 0 Å². The molecule has 0 aliphatic heterocycles. The lowest BCUT2D eigenvalue weighted by Crippen LogP contribution is -2.47. The number of hydrogen-bond acceptors (Lipinski definition) is 4. The van der Waals surface area contributed by atoms with Gasteiger partial charge in [0, 0.05) is 26.1 Å². The van der Waals surface area contributed by atoms with Gasteiger partial charge in [-0.2, -0.15) is 0 Å². The third-order valence-electron chi connectivity index (χ3n) is 5.77. The Morgan fingerprint density at radius 1 is 1.03 bits per heavy atom. The summed E-state index contributed by atoms with van der Waals surface area (Å²) in [6.45, 7) is 10.4. The molecule has 1 N–H and O–H groups in total. The molecule has 0 radical (unpaired) electrons. The van der Waals surface area contributed by atoms with Crippen LogP contribution in [0.25, 0.3) is 0 Å². The van der Waals surface area contributed by atoms with E-state index in [1.54, 1.807) is 11.8 Å². The van der Waals surface area contributed by atoms with Gasteiger partial charge in [-0.25, -0.2) is 8.42 Å². The van der Waals surface area contributed by atoms with E-state index in [0.717, 1.165) is 22.3 Å². The minimum atomic E-state index is -3.52. The molecule has 0 spiro atoms. The summed E-state index contributed by atoms with van der Waals surface area (Å²) >= 11 is 0. The number of carbonyl (C=O) groups excluding carboxylic acids is 2. The number of sulfonamides is 1. The van der Waals surface area contributed by atoms with Crippen LogP contribution in [-0.4, -0.2) is 50.5 Å². The maximum absolute atomic E-state index is 13.3. The zero-order valence-corrected chi connectivity index (χ0v) is 21.9. The highest BCUT2D eigenvalue weighted by atomic mass is 32.2. The lowest BCUT2D eigenvalue weighted by Gasteiger charge is -2.30. The Kier molecular flexibility index (Phi) is 9.67. The Balaban J connectivity index is 2.19. The topological polar surface area (TPSA) is 86.8 Å². The third kappa shape index (κ3) is 7.58. The van der Waals surface area contributed by atoms with Crippen LogP contribution in [0.15, 0.2) is 42.5 Å². The van der Waals surface area contributed by atoms with Crippen LogP contribution < -0.4 is 9.62 Å². The van der Waals surface area contributed by atoms with Crippen LogP contribution in [0.4, 0.5) is 5.69 Å². The molecule has 8 heteroatoms. The van der Waals surface area contributed by atoms with Gasteiger partial charge in [0.1, 0.15) is 6.04 Å². The molecule has 0 fully saturated rings. The first-order valence-corrected chi connectivity index (χ1v) is 13.5. The van der Waals surface area contributed by atoms with Crippen molar-refractivity contribution in [1.82, 2.24) is 10.2 Å². The smallest absolute Gasteiger partial charge is 0.242 e. The van der Waals surface area contributed by atoms with Gasteiger partial charge in [-0.05, 0) is 75.4 Å². The van der Waals surface area contributed by atoms with Gasteiger partial charge >= 0.3 is 0 Å². The molecule has 186 valence electrons. The number of likely N-dealkylation sites (N-methyl/N-ethyl adjacent to an activating group) is 1. The maximum atomic E-state index is 13.3. The number of nitrogens with zero attached hydrogens (tertiary/aromatic N) is 2. The Labute approximate surface area is 204 Å². The maximum Gasteiger partial charge on any atom is 0.242 e. The fourth-order valence-electron chi connectivity index (χ4n) is 3.97. The van der Waals surface area contributed by atoms with Gasteiger partial charge in [-0.15, -0.1) is 0 Å². The second-order valence-electron chi connectivity index (χ2n) is 8.80. The Morgan fingerprint density at radius 3 is 2.21 bits per heavy atom. The van der Waals surface area contributed by atoms with Crippen molar-refractivity contribution in [3.05, 3.63) is 64.7 Å². The first kappa shape index (κ1) is 27.4. The SMILES string of the molecule is CCNC(=O)C(C)N(Cc1ccccc1C)C(=O)CCCN(c1cc(C)cc(C)c1)S(C)(=O)=O. The highest BCUT2D eigenvalue weighted by Gasteiger charge is 2.26. The first-order chi connectivity index (χ1) is 15.9. The predicted molar refractivity (Wildman–Crippen MR) is 137 cm³/mol. The van der Waals surface area contributed by atoms with E-state index in [4.69, 9.17) is 0 Å². The second-order valence-corrected chi connectivity index (χ2v) is 10.7. The van der Waals surface area contributed by atoms with Gasteiger partial charge in [0.05, 0.1) is 11.9 Å². The standard InChI is InChI=1S/C26H37N3O4S/c1-7-27-26(31)22(5)28(18-23-12-9-8-11-21(23)4)25(30)13-10-14-29(34(6,32)33)24-16-19(2)15-20(3)17-24/h8-9,11-12,15-17,22H,7,10,13-14,18H2,1-6H3,(H,27,31). The minimum Gasteiger partial charge on any atom is -0.355 e. The van der Waals surface area contributed by atoms with Gasteiger partial charge in [-0.1, -0.05) is 30.3 Å². The van der Waals surface area contributed by atoms with Crippen molar-refractivity contribution in [2.75, 3.05) is 23.7 Å². The quantitative estimate of drug-likeness (QED) is 0.523. The zero-order valence-electron chi connectivity index (χ0n) is 21.1. The molecule has 1 unspecified atom stereocenters. The number of nitrogens with one attached hydrogen (secondary N) is 1. The van der Waals surface area contributed by atoms with Crippen LogP contribution in [0.1, 0.15) is 48.9 Å². The molecule has 2 amide bonds. The van der Waals surface area contributed by atoms with Gasteiger partial charge in [0.25, 0.3) is 0 Å². The molecule has 0 saturated carbocycles. The van der Waals surface area contributed by atoms with E-state index in [-0.39, 0.29) is 24.8 Å². The predicted octanol–water partition coefficient (Wildman–Crippen LogP) is 3.71. The Morgan fingerprint density at radius 2 is 1.65 bits per heavy atom. The average molecular weight is 488 g/mol. The summed E-state index contributed by atoms with van der Waals surface area (Å²) in [6.07, 6.45) is 1.64. The van der Waals surface area contributed by atoms with Crippen molar-refractivity contribution in [3.8, 4) is 0 Å². The summed E-state index contributed by atoms with van der Waals surface area (Å²) in [4.78, 5) is 27.4. The van der Waals surface area contributed by atoms with E-state index >= 15 is 0 Å². The molecule has 2 aromatic carbocycles. The number of rotatable bonds is 11. The largest absolute Gasteiger partial charge is 0.355 e. The monoisotopic (exact) mass is 487 g/mol. The van der Waals surface area contributed by atoms with Gasteiger partial charge in [-0.3, -0.25) is 13.9 Å². The van der Waals surface area contributed by atoms with Crippen molar-refractivity contribution < 1.29 is 18.0 Å². The number of amides is 2. The molecule has 0 aliphatic rings. The highest BCUT2D eigenvalue weighted by molar-refractivity contribution is 7.92. The number of anilines is 1. The van der Waals surface area contributed by atoms with Gasteiger partial charge < -0.3 is 10.2 Å². The summed E-state index contributed by atoms with van der Waals surface area (Å²) in [6, 6.07) is 12.8. The van der Waals surface area contributed by atoms with Crippen LogP contribution in [-0.2, 0) is 26.2 Å². The number of benzene rings is 2. The molecule has 7 nitrogen and oxygen atoms in total. The summed E-state index contributed by atoms with van der Waals surface area (Å²) in [5.41, 5.74) is 4.56. The highest BCUT2D eigenvalue weighted by Crippen LogP contribution is 2.22. The fraction of sp³-hybridized carbons (Fsp3) is 0.462. The van der Waals surface area contributed by atoms with Crippen molar-refractivity contribution in [2.24, 2.45) is 0 Å². The molecule has 0 aromatic heterocycles. The summed E-state index contributed by atoms with van der Waals surface area (Å²) in [7, 11) is -3.52. The van der Waals surface area contributed by atoms with Crippen LogP contribution in [0, 0.1) is 20.8 Å². The summed E-state index contributed by atoms with van der Waals surface area (Å²) < 4.78 is 26.3. The zero-order chi connectivity index (χ0) is 25.5. The van der Waals surface area contributed by atoms with E-state index in [0.29, 0.717) is 25.2 Å². The summed E-state index contributed by atoms with van der Waals surface area (Å²) in [5, 5.41) is 2.79. The van der Waals surface area contributed by atoms with E-state index < -0.39 is 16.1 Å². The van der Waals surface area contributed by atoms with Crippen molar-refractivity contribution in [3.63, 3.8) is 0 Å². The fourth-order valence-corrected chi connectivity index (χ4v) is 4.92. The number of carbonyl (C=O) groups is 2. The van der Waals surface area contributed by atoms with E-state index in [1.165, 1.54) is 10.6 Å². The second kappa shape index (κ2) is 12.0. The van der Waals surface area contributed by atoms with Crippen LogP contribution in [0.3, 0.4) is 0 Å². The van der Waals surface area contributed by atoms with E-state index in [1.807, 2.05) is 70.2 Å². The van der Waals surface area contributed by atoms with Gasteiger partial charge in [0.15, 0.2) is 0 Å². The molecule has 2 rings (SSSR count). The first-order valence-electron chi connectivity index (χ1n) is 11.6. The van der Waals surface area contributed by atoms with Gasteiger partial charge in [0.2, 0.25) is 21.8 Å². The molecular weight excluding hydrogens is 450 g/mol. The number of aryl methyl sites for hydroxylation is 3. The molecule has 0 bridgehead atoms. The van der Waals surface area contributed by atoms with Crippen LogP contribution in [0.2, 0.25) is 0 Å². The minimum absolute atomic E-state index is 0.131. The molecule has 1 atom stereocenters. The number of hydrogen-bond donors (Lipinski definition) is 1. The normalized spacial score (nSPS) is 12.2. The van der Waals surface area contributed by atoms with Crippen molar-refractivity contribution >= 4 is 27.5 Å². The third-order valence-corrected chi connectivity index (χ3v) is 6.96. The molecule has 34 heavy (non-hydrogen) atoms. The van der Waals surface area contributed by atoms with Crippen molar-refractivity contribution in [1.29, 1.82) is 0 Å².